The maximum absolute atomic E-state index is 12.4. The van der Waals surface area contributed by atoms with Gasteiger partial charge in [0, 0.05) is 6.42 Å². The van der Waals surface area contributed by atoms with Crippen LogP contribution in [0, 0.1) is 0 Å². The topological polar surface area (TPSA) is 69.6 Å². The van der Waals surface area contributed by atoms with Crippen LogP contribution in [-0.2, 0) is 4.79 Å². The molecule has 0 saturated carbocycles. The molecule has 0 aromatic heterocycles. The third-order valence-corrected chi connectivity index (χ3v) is 12.7. The highest BCUT2D eigenvalue weighted by atomic mass is 16.3. The molecule has 0 aliphatic carbocycles. The number of aliphatic hydroxyl groups excluding tert-OH is 2. The number of rotatable bonds is 52. The van der Waals surface area contributed by atoms with Crippen LogP contribution in [0.2, 0.25) is 0 Å². The van der Waals surface area contributed by atoms with Crippen molar-refractivity contribution in [3.8, 4) is 0 Å². The molecule has 0 rings (SSSR count). The third kappa shape index (κ3) is 54.0. The number of nitrogens with one attached hydrogen (secondary N) is 1. The molecule has 0 saturated heterocycles. The average Bonchev–Trinajstić information content (AvgIpc) is 3.34. The summed E-state index contributed by atoms with van der Waals surface area (Å²) in [5.74, 6) is -0.133. The summed E-state index contributed by atoms with van der Waals surface area (Å²) in [5, 5.41) is 23.1. The summed E-state index contributed by atoms with van der Waals surface area (Å²) in [6.07, 6.45) is 88.4. The molecule has 4 heteroatoms. The van der Waals surface area contributed by atoms with E-state index >= 15 is 0 Å². The van der Waals surface area contributed by atoms with Gasteiger partial charge < -0.3 is 15.5 Å². The molecule has 0 heterocycles. The van der Waals surface area contributed by atoms with Gasteiger partial charge in [-0.05, 0) is 83.5 Å². The highest BCUT2D eigenvalue weighted by molar-refractivity contribution is 5.76. The molecule has 0 aliphatic rings. The zero-order chi connectivity index (χ0) is 49.2. The molecule has 1 amide bonds. The van der Waals surface area contributed by atoms with Crippen molar-refractivity contribution in [2.75, 3.05) is 6.61 Å². The predicted molar refractivity (Wildman–Crippen MR) is 303 cm³/mol. The van der Waals surface area contributed by atoms with E-state index in [-0.39, 0.29) is 12.5 Å². The summed E-state index contributed by atoms with van der Waals surface area (Å²) in [7, 11) is 0. The van der Waals surface area contributed by atoms with E-state index in [4.69, 9.17) is 0 Å². The Hall–Kier alpha value is -2.95. The summed E-state index contributed by atoms with van der Waals surface area (Å²) < 4.78 is 0. The fourth-order valence-corrected chi connectivity index (χ4v) is 8.36. The fourth-order valence-electron chi connectivity index (χ4n) is 8.36. The number of hydrogen-bond donors (Lipinski definition) is 3. The molecule has 68 heavy (non-hydrogen) atoms. The van der Waals surface area contributed by atoms with Crippen LogP contribution in [0.15, 0.2) is 109 Å². The lowest BCUT2D eigenvalue weighted by Crippen LogP contribution is -2.45. The number of amides is 1. The first-order valence-corrected chi connectivity index (χ1v) is 29.1. The van der Waals surface area contributed by atoms with Crippen LogP contribution in [0.3, 0.4) is 0 Å². The lowest BCUT2D eigenvalue weighted by atomic mass is 10.0. The summed E-state index contributed by atoms with van der Waals surface area (Å²) in [6.45, 7) is 4.17. The molecule has 390 valence electrons. The second-order valence-corrected chi connectivity index (χ2v) is 19.3. The van der Waals surface area contributed by atoms with Crippen molar-refractivity contribution in [1.82, 2.24) is 5.32 Å². The van der Waals surface area contributed by atoms with Crippen molar-refractivity contribution in [3.05, 3.63) is 109 Å². The molecule has 2 atom stereocenters. The summed E-state index contributed by atoms with van der Waals surface area (Å²) in [6, 6.07) is -0.679. The van der Waals surface area contributed by atoms with E-state index in [9.17, 15) is 15.0 Å². The Morgan fingerprint density at radius 3 is 1.03 bits per heavy atom. The van der Waals surface area contributed by atoms with Gasteiger partial charge in [-0.25, -0.2) is 0 Å². The number of hydrogen-bond acceptors (Lipinski definition) is 3. The number of carbonyl (C=O) groups is 1. The van der Waals surface area contributed by atoms with Gasteiger partial charge in [0.15, 0.2) is 0 Å². The van der Waals surface area contributed by atoms with E-state index in [1.54, 1.807) is 6.08 Å². The lowest BCUT2D eigenvalue weighted by Gasteiger charge is -2.19. The minimum Gasteiger partial charge on any atom is -0.394 e. The van der Waals surface area contributed by atoms with Gasteiger partial charge in [0.25, 0.3) is 0 Å². The number of allylic oxidation sites excluding steroid dienone is 17. The monoisotopic (exact) mass is 942 g/mol. The largest absolute Gasteiger partial charge is 0.394 e. The Kier molecular flexibility index (Phi) is 55.8. The Labute approximate surface area is 423 Å². The van der Waals surface area contributed by atoms with Crippen LogP contribution in [-0.4, -0.2) is 34.9 Å². The Bertz CT molecular complexity index is 1300. The molecule has 0 radical (unpaired) electrons. The van der Waals surface area contributed by atoms with Gasteiger partial charge in [0.2, 0.25) is 5.91 Å². The molecule has 2 unspecified atom stereocenters. The summed E-state index contributed by atoms with van der Waals surface area (Å²) >= 11 is 0. The lowest BCUT2D eigenvalue weighted by molar-refractivity contribution is -0.122. The molecular formula is C64H111NO3. The molecule has 0 aromatic rings. The van der Waals surface area contributed by atoms with E-state index in [0.717, 1.165) is 77.0 Å². The van der Waals surface area contributed by atoms with Gasteiger partial charge in [-0.3, -0.25) is 4.79 Å². The highest BCUT2D eigenvalue weighted by Gasteiger charge is 2.17. The van der Waals surface area contributed by atoms with E-state index in [1.165, 1.54) is 173 Å². The van der Waals surface area contributed by atoms with Crippen LogP contribution in [0.4, 0.5) is 0 Å². The molecule has 4 nitrogen and oxygen atoms in total. The third-order valence-electron chi connectivity index (χ3n) is 12.7. The smallest absolute Gasteiger partial charge is 0.220 e. The van der Waals surface area contributed by atoms with Crippen molar-refractivity contribution in [1.29, 1.82) is 0 Å². The average molecular weight is 943 g/mol. The second-order valence-electron chi connectivity index (χ2n) is 19.3. The molecular weight excluding hydrogens is 831 g/mol. The SMILES string of the molecule is CC/C=C\C/C=C\C/C=C\C/C=C\C/C=C\C/C=C\C/C=C\CCCC(=O)NC(CO)C(O)/C=C/CC/C=C/CCCCCCCCCCCCCCCCCCCCCCCCCCCCC. The minimum absolute atomic E-state index is 0.133. The minimum atomic E-state index is -0.896. The zero-order valence-corrected chi connectivity index (χ0v) is 44.8. The standard InChI is InChI=1S/C64H111NO3/c1-3-5-7-9-11-13-15-17-19-21-23-25-27-28-29-30-31-32-33-34-35-36-38-39-41-43-45-47-49-51-53-55-57-59-63(67)62(61-66)65-64(68)60-58-56-54-52-50-48-46-44-42-40-37-26-24-22-20-18-16-14-12-10-8-6-4-2/h6,8,12,14,18,20,24,26,40,42,46,48-49,51-52,54,57,59,62-63,66-67H,3-5,7,9-11,13,15-17,19,21-23,25,27-39,41,43-45,47,50,53,55-56,58,60-61H2,1-2H3,(H,65,68)/b8-6-,14-12-,20-18-,26-24-,42-40-,48-46-,51-49+,54-52-,59-57+. The number of aliphatic hydroxyl groups is 2. The first-order chi connectivity index (χ1) is 33.7. The summed E-state index contributed by atoms with van der Waals surface area (Å²) in [4.78, 5) is 12.4. The van der Waals surface area contributed by atoms with Crippen molar-refractivity contribution < 1.29 is 15.0 Å². The van der Waals surface area contributed by atoms with E-state index < -0.39 is 12.1 Å². The van der Waals surface area contributed by atoms with Gasteiger partial charge in [-0.15, -0.1) is 0 Å². The van der Waals surface area contributed by atoms with E-state index in [0.29, 0.717) is 6.42 Å². The van der Waals surface area contributed by atoms with Crippen LogP contribution >= 0.6 is 0 Å². The van der Waals surface area contributed by atoms with Crippen LogP contribution in [0.1, 0.15) is 271 Å². The van der Waals surface area contributed by atoms with Gasteiger partial charge in [0.05, 0.1) is 18.8 Å². The molecule has 0 aliphatic heterocycles. The number of unbranched alkanes of at least 4 members (excludes halogenated alkanes) is 29. The molecule has 0 aromatic carbocycles. The van der Waals surface area contributed by atoms with Crippen LogP contribution in [0.25, 0.3) is 0 Å². The first-order valence-electron chi connectivity index (χ1n) is 29.1. The maximum atomic E-state index is 12.4. The van der Waals surface area contributed by atoms with E-state index in [2.05, 4.69) is 116 Å². The zero-order valence-electron chi connectivity index (χ0n) is 44.8. The van der Waals surface area contributed by atoms with Crippen molar-refractivity contribution in [2.24, 2.45) is 0 Å². The van der Waals surface area contributed by atoms with E-state index in [1.807, 2.05) is 6.08 Å². The normalized spacial score (nSPS) is 13.6. The first kappa shape index (κ1) is 65.0. The Morgan fingerprint density at radius 1 is 0.368 bits per heavy atom. The van der Waals surface area contributed by atoms with Crippen molar-refractivity contribution in [3.63, 3.8) is 0 Å². The molecule has 3 N–H and O–H groups in total. The molecule has 0 spiro atoms. The Balaban J connectivity index is 3.61. The highest BCUT2D eigenvalue weighted by Crippen LogP contribution is 2.17. The van der Waals surface area contributed by atoms with Gasteiger partial charge in [-0.2, -0.15) is 0 Å². The van der Waals surface area contributed by atoms with Crippen molar-refractivity contribution >= 4 is 5.91 Å². The fraction of sp³-hybridized carbons (Fsp3) is 0.703. The quantitative estimate of drug-likeness (QED) is 0.0420. The van der Waals surface area contributed by atoms with Gasteiger partial charge >= 0.3 is 0 Å². The van der Waals surface area contributed by atoms with Crippen LogP contribution in [0.5, 0.6) is 0 Å². The van der Waals surface area contributed by atoms with Gasteiger partial charge in [-0.1, -0.05) is 290 Å². The molecule has 0 fully saturated rings. The maximum Gasteiger partial charge on any atom is 0.220 e. The number of carbonyl (C=O) groups excluding carboxylic acids is 1. The Morgan fingerprint density at radius 2 is 0.662 bits per heavy atom. The van der Waals surface area contributed by atoms with Crippen LogP contribution < -0.4 is 5.32 Å². The molecule has 0 bridgehead atoms. The predicted octanol–water partition coefficient (Wildman–Crippen LogP) is 19.5. The van der Waals surface area contributed by atoms with Crippen molar-refractivity contribution in [2.45, 2.75) is 283 Å². The second kappa shape index (κ2) is 58.4. The summed E-state index contributed by atoms with van der Waals surface area (Å²) in [5.41, 5.74) is 0. The van der Waals surface area contributed by atoms with Gasteiger partial charge in [0.1, 0.15) is 0 Å².